The second-order valence-electron chi connectivity index (χ2n) is 4.83. The van der Waals surface area contributed by atoms with Gasteiger partial charge in [0.15, 0.2) is 0 Å². The summed E-state index contributed by atoms with van der Waals surface area (Å²) < 4.78 is 5.89. The van der Waals surface area contributed by atoms with E-state index in [0.717, 1.165) is 12.2 Å². The van der Waals surface area contributed by atoms with Gasteiger partial charge in [-0.25, -0.2) is 0 Å². The number of aryl methyl sites for hydroxylation is 2. The Bertz CT molecular complexity index is 409. The third-order valence-electron chi connectivity index (χ3n) is 3.35. The highest BCUT2D eigenvalue weighted by atomic mass is 16.5. The Morgan fingerprint density at radius 1 is 1.33 bits per heavy atom. The van der Waals surface area contributed by atoms with Crippen molar-refractivity contribution in [3.63, 3.8) is 0 Å². The molecule has 2 rings (SSSR count). The van der Waals surface area contributed by atoms with Gasteiger partial charge in [-0.1, -0.05) is 6.07 Å². The van der Waals surface area contributed by atoms with Crippen molar-refractivity contribution in [1.82, 2.24) is 0 Å². The average molecular weight is 206 g/mol. The molecule has 82 valence electrons. The topological polar surface area (TPSA) is 29.5 Å². The highest BCUT2D eigenvalue weighted by Gasteiger charge is 2.36. The van der Waals surface area contributed by atoms with Crippen LogP contribution in [-0.4, -0.2) is 17.3 Å². The van der Waals surface area contributed by atoms with Crippen LogP contribution >= 0.6 is 0 Å². The molecule has 1 N–H and O–H groups in total. The predicted molar refractivity (Wildman–Crippen MR) is 60.5 cm³/mol. The van der Waals surface area contributed by atoms with Gasteiger partial charge in [0.1, 0.15) is 11.4 Å². The van der Waals surface area contributed by atoms with E-state index < -0.39 is 5.60 Å². The van der Waals surface area contributed by atoms with Gasteiger partial charge in [0.25, 0.3) is 0 Å². The van der Waals surface area contributed by atoms with Crippen LogP contribution in [0.2, 0.25) is 0 Å². The maximum atomic E-state index is 9.32. The van der Waals surface area contributed by atoms with E-state index >= 15 is 0 Å². The Balaban J connectivity index is 2.54. The van der Waals surface area contributed by atoms with E-state index in [1.54, 1.807) is 0 Å². The van der Waals surface area contributed by atoms with Crippen LogP contribution in [0.3, 0.4) is 0 Å². The molecule has 0 spiro atoms. The molecule has 0 aliphatic carbocycles. The number of rotatable bonds is 1. The van der Waals surface area contributed by atoms with Gasteiger partial charge in [0.2, 0.25) is 0 Å². The molecule has 0 saturated carbocycles. The maximum absolute atomic E-state index is 9.32. The fourth-order valence-corrected chi connectivity index (χ4v) is 2.21. The van der Waals surface area contributed by atoms with Gasteiger partial charge in [-0.3, -0.25) is 0 Å². The van der Waals surface area contributed by atoms with Crippen LogP contribution in [0.5, 0.6) is 5.75 Å². The van der Waals surface area contributed by atoms with Crippen LogP contribution in [0.4, 0.5) is 0 Å². The molecule has 2 heteroatoms. The quantitative estimate of drug-likeness (QED) is 0.764. The van der Waals surface area contributed by atoms with Crippen molar-refractivity contribution in [2.45, 2.75) is 39.7 Å². The number of ether oxygens (including phenoxy) is 1. The summed E-state index contributed by atoms with van der Waals surface area (Å²) in [4.78, 5) is 0. The molecule has 1 aliphatic rings. The molecule has 0 radical (unpaired) electrons. The van der Waals surface area contributed by atoms with Crippen LogP contribution in [0.25, 0.3) is 0 Å². The van der Waals surface area contributed by atoms with Crippen molar-refractivity contribution in [3.8, 4) is 5.75 Å². The Kier molecular flexibility index (Phi) is 2.27. The highest BCUT2D eigenvalue weighted by Crippen LogP contribution is 2.40. The Hall–Kier alpha value is -1.02. The molecule has 0 bridgehead atoms. The van der Waals surface area contributed by atoms with E-state index in [-0.39, 0.29) is 6.61 Å². The molecule has 0 aromatic heterocycles. The van der Waals surface area contributed by atoms with Crippen LogP contribution < -0.4 is 4.74 Å². The fourth-order valence-electron chi connectivity index (χ4n) is 2.21. The monoisotopic (exact) mass is 206 g/mol. The van der Waals surface area contributed by atoms with Crippen molar-refractivity contribution in [3.05, 3.63) is 28.3 Å². The lowest BCUT2D eigenvalue weighted by Crippen LogP contribution is -2.34. The van der Waals surface area contributed by atoms with Gasteiger partial charge in [-0.15, -0.1) is 0 Å². The summed E-state index contributed by atoms with van der Waals surface area (Å²) in [5.41, 5.74) is 4.56. The number of aliphatic hydroxyl groups excluding tert-OH is 1. The molecular weight excluding hydrogens is 188 g/mol. The third kappa shape index (κ3) is 1.53. The molecule has 1 atom stereocenters. The van der Waals surface area contributed by atoms with Crippen LogP contribution in [-0.2, 0) is 6.42 Å². The summed E-state index contributed by atoms with van der Waals surface area (Å²) in [6.45, 7) is 8.32. The fraction of sp³-hybridized carbons (Fsp3) is 0.538. The highest BCUT2D eigenvalue weighted by molar-refractivity contribution is 5.52. The minimum atomic E-state index is -0.425. The van der Waals surface area contributed by atoms with Crippen LogP contribution in [0, 0.1) is 20.8 Å². The van der Waals surface area contributed by atoms with Crippen molar-refractivity contribution in [2.75, 3.05) is 6.61 Å². The Morgan fingerprint density at radius 3 is 2.60 bits per heavy atom. The largest absolute Gasteiger partial charge is 0.484 e. The first-order chi connectivity index (χ1) is 6.97. The van der Waals surface area contributed by atoms with Crippen LogP contribution in [0.15, 0.2) is 6.07 Å². The molecule has 0 saturated heterocycles. The molecule has 1 aromatic rings. The summed E-state index contributed by atoms with van der Waals surface area (Å²) in [5, 5.41) is 9.32. The molecular formula is C13H18O2. The Labute approximate surface area is 90.9 Å². The van der Waals surface area contributed by atoms with Gasteiger partial charge in [0.05, 0.1) is 6.61 Å². The molecule has 0 unspecified atom stereocenters. The Morgan fingerprint density at radius 2 is 2.00 bits per heavy atom. The zero-order chi connectivity index (χ0) is 11.2. The van der Waals surface area contributed by atoms with E-state index in [0.29, 0.717) is 0 Å². The third-order valence-corrected chi connectivity index (χ3v) is 3.35. The van der Waals surface area contributed by atoms with Crippen molar-refractivity contribution < 1.29 is 9.84 Å². The molecule has 0 fully saturated rings. The minimum Gasteiger partial charge on any atom is -0.484 e. The average Bonchev–Trinajstić information content (AvgIpc) is 2.55. The maximum Gasteiger partial charge on any atom is 0.133 e. The zero-order valence-electron chi connectivity index (χ0n) is 9.85. The minimum absolute atomic E-state index is 0.0691. The van der Waals surface area contributed by atoms with Gasteiger partial charge >= 0.3 is 0 Å². The predicted octanol–water partition coefficient (Wildman–Crippen LogP) is 2.30. The van der Waals surface area contributed by atoms with Gasteiger partial charge in [-0.05, 0) is 44.4 Å². The van der Waals surface area contributed by atoms with Crippen molar-refractivity contribution >= 4 is 0 Å². The molecule has 1 aromatic carbocycles. The first kappa shape index (κ1) is 10.5. The van der Waals surface area contributed by atoms with E-state index in [2.05, 4.69) is 26.8 Å². The standard InChI is InChI=1S/C13H18O2/c1-8-5-9(2)11-6-13(4,7-14)15-12(11)10(8)3/h5,14H,6-7H2,1-4H3/t13-/m0/s1. The van der Waals surface area contributed by atoms with Gasteiger partial charge in [0, 0.05) is 12.0 Å². The van der Waals surface area contributed by atoms with Gasteiger partial charge < -0.3 is 9.84 Å². The zero-order valence-corrected chi connectivity index (χ0v) is 9.85. The number of hydrogen-bond donors (Lipinski definition) is 1. The number of hydrogen-bond acceptors (Lipinski definition) is 2. The van der Waals surface area contributed by atoms with Gasteiger partial charge in [-0.2, -0.15) is 0 Å². The van der Waals surface area contributed by atoms with Crippen molar-refractivity contribution in [1.29, 1.82) is 0 Å². The molecule has 2 nitrogen and oxygen atoms in total. The normalized spacial score (nSPS) is 23.8. The molecule has 0 amide bonds. The lowest BCUT2D eigenvalue weighted by Gasteiger charge is -2.21. The first-order valence-electron chi connectivity index (χ1n) is 5.36. The summed E-state index contributed by atoms with van der Waals surface area (Å²) in [6, 6.07) is 2.20. The second kappa shape index (κ2) is 3.24. The number of aliphatic hydroxyl groups is 1. The lowest BCUT2D eigenvalue weighted by atomic mass is 9.94. The summed E-state index contributed by atoms with van der Waals surface area (Å²) >= 11 is 0. The SMILES string of the molecule is Cc1cc(C)c2c(c1C)O[C@](C)(CO)C2. The van der Waals surface area contributed by atoms with Crippen LogP contribution in [0.1, 0.15) is 29.2 Å². The lowest BCUT2D eigenvalue weighted by molar-refractivity contribution is 0.0442. The number of fused-ring (bicyclic) bond motifs is 1. The smallest absolute Gasteiger partial charge is 0.133 e. The van der Waals surface area contributed by atoms with Crippen molar-refractivity contribution in [2.24, 2.45) is 0 Å². The van der Waals surface area contributed by atoms with E-state index in [1.165, 1.54) is 22.3 Å². The first-order valence-corrected chi connectivity index (χ1v) is 5.36. The molecule has 1 heterocycles. The number of benzene rings is 1. The molecule has 1 aliphatic heterocycles. The second-order valence-corrected chi connectivity index (χ2v) is 4.83. The summed E-state index contributed by atoms with van der Waals surface area (Å²) in [6.07, 6.45) is 0.811. The van der Waals surface area contributed by atoms with E-state index in [9.17, 15) is 5.11 Å². The summed E-state index contributed by atoms with van der Waals surface area (Å²) in [7, 11) is 0. The van der Waals surface area contributed by atoms with E-state index in [1.807, 2.05) is 6.92 Å². The summed E-state index contributed by atoms with van der Waals surface area (Å²) in [5.74, 6) is 0.990. The van der Waals surface area contributed by atoms with E-state index in [4.69, 9.17) is 4.74 Å². The molecule has 15 heavy (non-hydrogen) atoms.